The van der Waals surface area contributed by atoms with Crippen molar-refractivity contribution >= 4 is 17.7 Å². The summed E-state index contributed by atoms with van der Waals surface area (Å²) in [4.78, 5) is 27.1. The second-order valence-electron chi connectivity index (χ2n) is 7.89. The first-order chi connectivity index (χ1) is 15.4. The lowest BCUT2D eigenvalue weighted by Crippen LogP contribution is -2.43. The zero-order chi connectivity index (χ0) is 23.1. The fourth-order valence-corrected chi connectivity index (χ4v) is 4.03. The number of nitrogens with zero attached hydrogens (tertiary/aromatic N) is 1. The van der Waals surface area contributed by atoms with Crippen molar-refractivity contribution in [3.8, 4) is 11.5 Å². The third-order valence-corrected chi connectivity index (χ3v) is 5.79. The topological polar surface area (TPSA) is 103 Å². The normalized spacial score (nSPS) is 17.9. The van der Waals surface area contributed by atoms with E-state index >= 15 is 0 Å². The number of amides is 2. The molecule has 1 aliphatic carbocycles. The van der Waals surface area contributed by atoms with E-state index in [0.717, 1.165) is 31.2 Å². The average molecular weight is 442 g/mol. The molecule has 2 aromatic carbocycles. The molecule has 0 aliphatic heterocycles. The fraction of sp³-hybridized carbons (Fsp3) is 0.417. The third kappa shape index (κ3) is 5.70. The Kier molecular flexibility index (Phi) is 7.94. The van der Waals surface area contributed by atoms with Gasteiger partial charge in [-0.2, -0.15) is 0 Å². The molecule has 1 fully saturated rings. The van der Waals surface area contributed by atoms with Crippen molar-refractivity contribution in [1.29, 1.82) is 0 Å². The van der Waals surface area contributed by atoms with Crippen molar-refractivity contribution in [3.63, 3.8) is 0 Å². The van der Waals surface area contributed by atoms with E-state index < -0.39 is 6.09 Å². The summed E-state index contributed by atoms with van der Waals surface area (Å²) in [7, 11) is 4.43. The molecule has 0 saturated heterocycles. The van der Waals surface area contributed by atoms with Crippen LogP contribution in [0.5, 0.6) is 11.5 Å². The highest BCUT2D eigenvalue weighted by Crippen LogP contribution is 2.30. The number of benzene rings is 2. The van der Waals surface area contributed by atoms with Gasteiger partial charge in [-0.05, 0) is 61.6 Å². The molecule has 2 amide bonds. The van der Waals surface area contributed by atoms with Crippen LogP contribution in [0.2, 0.25) is 0 Å². The molecule has 3 rings (SSSR count). The molecular formula is C24H31N3O5. The van der Waals surface area contributed by atoms with Crippen LogP contribution in [0.4, 0.5) is 10.5 Å². The number of methoxy groups -OCH3 is 3. The van der Waals surface area contributed by atoms with E-state index in [0.29, 0.717) is 29.3 Å². The van der Waals surface area contributed by atoms with Crippen molar-refractivity contribution in [3.05, 3.63) is 53.6 Å². The maximum atomic E-state index is 13.6. The SMILES string of the molecule is COC(=O)Nc1cccc(CN(C(=O)c2ccc(OC)c(OC)c2)C2CCC(N)CC2)c1. The average Bonchev–Trinajstić information content (AvgIpc) is 2.82. The molecule has 172 valence electrons. The molecule has 0 radical (unpaired) electrons. The lowest BCUT2D eigenvalue weighted by molar-refractivity contribution is 0.0606. The quantitative estimate of drug-likeness (QED) is 0.678. The van der Waals surface area contributed by atoms with E-state index in [4.69, 9.17) is 15.2 Å². The minimum atomic E-state index is -0.540. The number of rotatable bonds is 7. The number of hydrogen-bond acceptors (Lipinski definition) is 6. The lowest BCUT2D eigenvalue weighted by atomic mass is 9.90. The molecule has 0 aromatic heterocycles. The molecule has 0 heterocycles. The summed E-state index contributed by atoms with van der Waals surface area (Å²) in [6.45, 7) is 0.407. The Balaban J connectivity index is 1.88. The van der Waals surface area contributed by atoms with E-state index in [1.165, 1.54) is 7.11 Å². The van der Waals surface area contributed by atoms with Gasteiger partial charge in [0.25, 0.3) is 5.91 Å². The van der Waals surface area contributed by atoms with Crippen molar-refractivity contribution in [2.45, 2.75) is 44.3 Å². The second-order valence-corrected chi connectivity index (χ2v) is 7.89. The van der Waals surface area contributed by atoms with Crippen LogP contribution in [0.15, 0.2) is 42.5 Å². The summed E-state index contributed by atoms with van der Waals surface area (Å²) in [5, 5.41) is 2.67. The van der Waals surface area contributed by atoms with Gasteiger partial charge in [0.05, 0.1) is 21.3 Å². The molecule has 0 unspecified atom stereocenters. The molecule has 0 atom stereocenters. The van der Waals surface area contributed by atoms with Gasteiger partial charge in [-0.1, -0.05) is 12.1 Å². The van der Waals surface area contributed by atoms with Gasteiger partial charge in [-0.15, -0.1) is 0 Å². The van der Waals surface area contributed by atoms with Crippen molar-refractivity contribution in [1.82, 2.24) is 4.90 Å². The molecule has 8 heteroatoms. The largest absolute Gasteiger partial charge is 0.493 e. The van der Waals surface area contributed by atoms with Crippen LogP contribution < -0.4 is 20.5 Å². The number of nitrogens with one attached hydrogen (secondary N) is 1. The van der Waals surface area contributed by atoms with Crippen molar-refractivity contribution < 1.29 is 23.8 Å². The molecule has 0 bridgehead atoms. The molecular weight excluding hydrogens is 410 g/mol. The van der Waals surface area contributed by atoms with Crippen LogP contribution in [0.25, 0.3) is 0 Å². The summed E-state index contributed by atoms with van der Waals surface area (Å²) in [5.41, 5.74) is 8.14. The van der Waals surface area contributed by atoms with E-state index in [1.54, 1.807) is 38.5 Å². The minimum absolute atomic E-state index is 0.0765. The summed E-state index contributed by atoms with van der Waals surface area (Å²) < 4.78 is 15.4. The number of anilines is 1. The van der Waals surface area contributed by atoms with Crippen LogP contribution >= 0.6 is 0 Å². The Hall–Kier alpha value is -3.26. The van der Waals surface area contributed by atoms with Crippen LogP contribution in [-0.4, -0.2) is 50.3 Å². The molecule has 1 saturated carbocycles. The lowest BCUT2D eigenvalue weighted by Gasteiger charge is -2.36. The molecule has 8 nitrogen and oxygen atoms in total. The predicted molar refractivity (Wildman–Crippen MR) is 122 cm³/mol. The third-order valence-electron chi connectivity index (χ3n) is 5.79. The second kappa shape index (κ2) is 10.9. The van der Waals surface area contributed by atoms with Gasteiger partial charge in [0.2, 0.25) is 0 Å². The van der Waals surface area contributed by atoms with Crippen molar-refractivity contribution in [2.24, 2.45) is 5.73 Å². The summed E-state index contributed by atoms with van der Waals surface area (Å²) in [5.74, 6) is 0.992. The highest BCUT2D eigenvalue weighted by molar-refractivity contribution is 5.95. The molecule has 0 spiro atoms. The maximum Gasteiger partial charge on any atom is 0.411 e. The maximum absolute atomic E-state index is 13.6. The van der Waals surface area contributed by atoms with Crippen molar-refractivity contribution in [2.75, 3.05) is 26.6 Å². The van der Waals surface area contributed by atoms with Crippen LogP contribution in [-0.2, 0) is 11.3 Å². The Morgan fingerprint density at radius 3 is 2.38 bits per heavy atom. The predicted octanol–water partition coefficient (Wildman–Crippen LogP) is 3.79. The van der Waals surface area contributed by atoms with Gasteiger partial charge in [-0.25, -0.2) is 4.79 Å². The summed E-state index contributed by atoms with van der Waals surface area (Å²) >= 11 is 0. The zero-order valence-corrected chi connectivity index (χ0v) is 18.8. The Morgan fingerprint density at radius 1 is 1.00 bits per heavy atom. The Bertz CT molecular complexity index is 941. The number of carbonyl (C=O) groups is 2. The van der Waals surface area contributed by atoms with Gasteiger partial charge in [0.1, 0.15) is 0 Å². The molecule has 1 aliphatic rings. The number of carbonyl (C=O) groups excluding carboxylic acids is 2. The van der Waals surface area contributed by atoms with Gasteiger partial charge in [0.15, 0.2) is 11.5 Å². The number of hydrogen-bond donors (Lipinski definition) is 2. The van der Waals surface area contributed by atoms with E-state index in [9.17, 15) is 9.59 Å². The van der Waals surface area contributed by atoms with Gasteiger partial charge < -0.3 is 24.8 Å². The summed E-state index contributed by atoms with van der Waals surface area (Å²) in [6.07, 6.45) is 2.91. The Morgan fingerprint density at radius 2 is 1.72 bits per heavy atom. The monoisotopic (exact) mass is 441 g/mol. The van der Waals surface area contributed by atoms with Gasteiger partial charge >= 0.3 is 6.09 Å². The Labute approximate surface area is 188 Å². The van der Waals surface area contributed by atoms with E-state index in [1.807, 2.05) is 23.1 Å². The van der Waals surface area contributed by atoms with Crippen LogP contribution in [0, 0.1) is 0 Å². The van der Waals surface area contributed by atoms with E-state index in [-0.39, 0.29) is 18.0 Å². The molecule has 32 heavy (non-hydrogen) atoms. The first-order valence-electron chi connectivity index (χ1n) is 10.7. The molecule has 2 aromatic rings. The molecule has 3 N–H and O–H groups in total. The van der Waals surface area contributed by atoms with Gasteiger partial charge in [-0.3, -0.25) is 10.1 Å². The van der Waals surface area contributed by atoms with Gasteiger partial charge in [0, 0.05) is 29.9 Å². The smallest absolute Gasteiger partial charge is 0.411 e. The van der Waals surface area contributed by atoms with Crippen LogP contribution in [0.3, 0.4) is 0 Å². The summed E-state index contributed by atoms with van der Waals surface area (Å²) in [6, 6.07) is 12.9. The number of ether oxygens (including phenoxy) is 3. The highest BCUT2D eigenvalue weighted by atomic mass is 16.5. The minimum Gasteiger partial charge on any atom is -0.493 e. The standard InChI is InChI=1S/C24H31N3O5/c1-30-21-12-7-17(14-22(21)31-2)23(28)27(20-10-8-18(25)9-11-20)15-16-5-4-6-19(13-16)26-24(29)32-3/h4-7,12-14,18,20H,8-11,15,25H2,1-3H3,(H,26,29). The first kappa shape index (κ1) is 23.4. The zero-order valence-electron chi connectivity index (χ0n) is 18.8. The first-order valence-corrected chi connectivity index (χ1v) is 10.7. The highest BCUT2D eigenvalue weighted by Gasteiger charge is 2.29. The number of nitrogens with two attached hydrogens (primary N) is 1. The fourth-order valence-electron chi connectivity index (χ4n) is 4.03. The van der Waals surface area contributed by atoms with Crippen LogP contribution in [0.1, 0.15) is 41.6 Å². The van der Waals surface area contributed by atoms with E-state index in [2.05, 4.69) is 10.1 Å².